The molecule has 0 fully saturated rings. The van der Waals surface area contributed by atoms with Gasteiger partial charge in [-0.15, -0.1) is 0 Å². The lowest BCUT2D eigenvalue weighted by Gasteiger charge is -2.29. The fraction of sp³-hybridized carbons (Fsp3) is 0.846. The molecule has 326 valence electrons. The summed E-state index contributed by atoms with van der Waals surface area (Å²) in [5, 5.41) is 51.6. The molecule has 0 aliphatic rings. The van der Waals surface area contributed by atoms with Crippen molar-refractivity contribution < 1.29 is 49.2 Å². The van der Waals surface area contributed by atoms with Crippen LogP contribution in [0.4, 0.5) is 0 Å². The van der Waals surface area contributed by atoms with Crippen LogP contribution in [-0.4, -0.2) is 118 Å². The van der Waals surface area contributed by atoms with E-state index in [1.165, 1.54) is 71.6 Å². The second kappa shape index (κ2) is 32.7. The molecule has 17 heteroatoms. The molecule has 0 heterocycles. The van der Waals surface area contributed by atoms with Crippen LogP contribution in [0, 0.1) is 0 Å². The van der Waals surface area contributed by atoms with Gasteiger partial charge in [0.2, 0.25) is 29.5 Å². The predicted octanol–water partition coefficient (Wildman–Crippen LogP) is 0.988. The second-order valence-electron chi connectivity index (χ2n) is 14.8. The summed E-state index contributed by atoms with van der Waals surface area (Å²) in [7, 11) is 0. The van der Waals surface area contributed by atoms with Gasteiger partial charge in [-0.05, 0) is 71.9 Å². The number of nitrogens with two attached hydrogens (primary N) is 2. The van der Waals surface area contributed by atoms with Gasteiger partial charge in [-0.2, -0.15) is 0 Å². The van der Waals surface area contributed by atoms with Crippen LogP contribution < -0.4 is 38.1 Å². The molecular weight excluding hydrogens is 726 g/mol. The molecular formula is C39H75N7O10. The number of rotatable bonds is 35. The summed E-state index contributed by atoms with van der Waals surface area (Å²) in [5.41, 5.74) is 11.2. The first-order chi connectivity index (χ1) is 26.7. The molecule has 0 bridgehead atoms. The van der Waals surface area contributed by atoms with Gasteiger partial charge in [0, 0.05) is 6.42 Å². The lowest BCUT2D eigenvalue weighted by molar-refractivity contribution is -0.143. The van der Waals surface area contributed by atoms with Gasteiger partial charge in [-0.25, -0.2) is 4.79 Å². The number of carboxylic acid groups (broad SMARTS) is 1. The first-order valence-electron chi connectivity index (χ1n) is 20.8. The van der Waals surface area contributed by atoms with Crippen molar-refractivity contribution in [3.05, 3.63) is 0 Å². The highest BCUT2D eigenvalue weighted by molar-refractivity contribution is 5.96. The van der Waals surface area contributed by atoms with Crippen LogP contribution in [0.15, 0.2) is 0 Å². The molecule has 7 atom stereocenters. The summed E-state index contributed by atoms with van der Waals surface area (Å²) in [5.74, 6) is -5.49. The van der Waals surface area contributed by atoms with E-state index in [-0.39, 0.29) is 31.7 Å². The number of aliphatic hydroxyl groups excluding tert-OH is 3. The third kappa shape index (κ3) is 24.3. The van der Waals surface area contributed by atoms with Crippen molar-refractivity contribution in [2.75, 3.05) is 19.7 Å². The summed E-state index contributed by atoms with van der Waals surface area (Å²) in [4.78, 5) is 77.3. The molecule has 13 N–H and O–H groups in total. The Kier molecular flexibility index (Phi) is 30.7. The van der Waals surface area contributed by atoms with Gasteiger partial charge in [0.1, 0.15) is 30.2 Å². The molecule has 0 saturated carbocycles. The van der Waals surface area contributed by atoms with Crippen molar-refractivity contribution in [3.8, 4) is 0 Å². The van der Waals surface area contributed by atoms with Crippen molar-refractivity contribution in [2.24, 2.45) is 11.5 Å². The minimum absolute atomic E-state index is 0.0238. The predicted molar refractivity (Wildman–Crippen MR) is 214 cm³/mol. The van der Waals surface area contributed by atoms with Crippen molar-refractivity contribution in [1.29, 1.82) is 0 Å². The standard InChI is InChI=1S/C39H75N7O10/c1-4-5-6-7-8-9-10-11-12-13-14-15-16-23-32(50)42-29(21-17-19-24-40)36(52)45-34(28(3)49)38(54)46-33(27(2)48)37(53)43-30(22-18-20-25-41)35(51)44-31(26-47)39(55)56/h27-31,33-34,47-49H,4-26,40-41H2,1-3H3,(H,42,50)(H,43,53)(H,44,51)(H,45,52)(H,46,54)(H,55,56)/t27-,28-,29?,30?,31+,33?,34+/m1/s1. The van der Waals surface area contributed by atoms with Crippen LogP contribution in [0.3, 0.4) is 0 Å². The van der Waals surface area contributed by atoms with Crippen LogP contribution in [0.2, 0.25) is 0 Å². The van der Waals surface area contributed by atoms with E-state index >= 15 is 0 Å². The van der Waals surface area contributed by atoms with E-state index in [4.69, 9.17) is 11.5 Å². The lowest BCUT2D eigenvalue weighted by atomic mass is 10.0. The highest BCUT2D eigenvalue weighted by atomic mass is 16.4. The molecule has 0 aliphatic heterocycles. The molecule has 0 aromatic rings. The first kappa shape index (κ1) is 52.6. The molecule has 0 saturated heterocycles. The normalized spacial score (nSPS) is 15.0. The quantitative estimate of drug-likeness (QED) is 0.0400. The Morgan fingerprint density at radius 2 is 0.875 bits per heavy atom. The minimum atomic E-state index is -1.67. The molecule has 0 aromatic carbocycles. The highest BCUT2D eigenvalue weighted by Crippen LogP contribution is 2.13. The van der Waals surface area contributed by atoms with E-state index in [0.717, 1.165) is 19.3 Å². The van der Waals surface area contributed by atoms with Crippen LogP contribution >= 0.6 is 0 Å². The summed E-state index contributed by atoms with van der Waals surface area (Å²) in [6, 6.07) is -7.25. The number of carbonyl (C=O) groups is 6. The Labute approximate surface area is 333 Å². The fourth-order valence-electron chi connectivity index (χ4n) is 6.12. The number of unbranched alkanes of at least 4 members (excludes halogenated alkanes) is 14. The number of hydrogen-bond acceptors (Lipinski definition) is 11. The minimum Gasteiger partial charge on any atom is -0.480 e. The molecule has 0 aliphatic carbocycles. The third-order valence-corrected chi connectivity index (χ3v) is 9.61. The Balaban J connectivity index is 5.38. The number of carbonyl (C=O) groups excluding carboxylic acids is 5. The van der Waals surface area contributed by atoms with E-state index < -0.39 is 78.6 Å². The van der Waals surface area contributed by atoms with Gasteiger partial charge in [0.15, 0.2) is 0 Å². The summed E-state index contributed by atoms with van der Waals surface area (Å²) >= 11 is 0. The maximum absolute atomic E-state index is 13.5. The first-order valence-corrected chi connectivity index (χ1v) is 20.8. The maximum atomic E-state index is 13.5. The molecule has 0 spiro atoms. The fourth-order valence-corrected chi connectivity index (χ4v) is 6.12. The average molecular weight is 802 g/mol. The van der Waals surface area contributed by atoms with Crippen LogP contribution in [0.1, 0.15) is 149 Å². The van der Waals surface area contributed by atoms with Crippen molar-refractivity contribution >= 4 is 35.5 Å². The van der Waals surface area contributed by atoms with Crippen LogP contribution in [0.25, 0.3) is 0 Å². The molecule has 56 heavy (non-hydrogen) atoms. The average Bonchev–Trinajstić information content (AvgIpc) is 3.15. The number of aliphatic carboxylic acids is 1. The Morgan fingerprint density at radius 1 is 0.500 bits per heavy atom. The number of hydrogen-bond donors (Lipinski definition) is 11. The zero-order valence-electron chi connectivity index (χ0n) is 34.2. The number of amides is 5. The van der Waals surface area contributed by atoms with Crippen LogP contribution in [-0.2, 0) is 28.8 Å². The Hall–Kier alpha value is -3.38. The second-order valence-corrected chi connectivity index (χ2v) is 14.8. The highest BCUT2D eigenvalue weighted by Gasteiger charge is 2.35. The van der Waals surface area contributed by atoms with Crippen LogP contribution in [0.5, 0.6) is 0 Å². The monoisotopic (exact) mass is 802 g/mol. The van der Waals surface area contributed by atoms with Gasteiger partial charge >= 0.3 is 5.97 Å². The maximum Gasteiger partial charge on any atom is 0.328 e. The lowest BCUT2D eigenvalue weighted by Crippen LogP contribution is -2.62. The van der Waals surface area contributed by atoms with E-state index in [0.29, 0.717) is 38.6 Å². The van der Waals surface area contributed by atoms with Crippen molar-refractivity contribution in [3.63, 3.8) is 0 Å². The van der Waals surface area contributed by atoms with Gasteiger partial charge in [0.25, 0.3) is 0 Å². The smallest absolute Gasteiger partial charge is 0.328 e. The molecule has 0 rings (SSSR count). The summed E-state index contributed by atoms with van der Waals surface area (Å²) < 4.78 is 0. The van der Waals surface area contributed by atoms with E-state index in [9.17, 15) is 49.2 Å². The van der Waals surface area contributed by atoms with Crippen molar-refractivity contribution in [1.82, 2.24) is 26.6 Å². The Bertz CT molecular complexity index is 1130. The summed E-state index contributed by atoms with van der Waals surface area (Å²) in [6.45, 7) is 4.43. The molecule has 0 radical (unpaired) electrons. The van der Waals surface area contributed by atoms with E-state index in [1.54, 1.807) is 0 Å². The molecule has 5 amide bonds. The molecule has 3 unspecified atom stereocenters. The topological polar surface area (TPSA) is 296 Å². The zero-order valence-corrected chi connectivity index (χ0v) is 34.2. The number of carboxylic acids is 1. The number of aliphatic hydroxyl groups is 3. The van der Waals surface area contributed by atoms with Crippen molar-refractivity contribution in [2.45, 2.75) is 192 Å². The van der Waals surface area contributed by atoms with E-state index in [1.807, 2.05) is 0 Å². The van der Waals surface area contributed by atoms with E-state index in [2.05, 4.69) is 33.5 Å². The Morgan fingerprint density at radius 3 is 1.29 bits per heavy atom. The molecule has 17 nitrogen and oxygen atoms in total. The van der Waals surface area contributed by atoms with Gasteiger partial charge in [0.05, 0.1) is 18.8 Å². The SMILES string of the molecule is CCCCCCCCCCCCCCCC(=O)NC(CCCCN)C(=O)N[C@H](C(=O)NC(C(=O)NC(CCCCN)C(=O)N[C@@H](CO)C(=O)O)[C@@H](C)O)[C@@H](C)O. The molecule has 0 aromatic heterocycles. The summed E-state index contributed by atoms with van der Waals surface area (Å²) in [6.07, 6.45) is 14.6. The third-order valence-electron chi connectivity index (χ3n) is 9.61. The number of nitrogens with one attached hydrogen (secondary N) is 5. The van der Waals surface area contributed by atoms with Gasteiger partial charge < -0.3 is 58.5 Å². The largest absolute Gasteiger partial charge is 0.480 e. The van der Waals surface area contributed by atoms with Gasteiger partial charge in [-0.3, -0.25) is 24.0 Å². The van der Waals surface area contributed by atoms with Gasteiger partial charge in [-0.1, -0.05) is 84.0 Å². The zero-order chi connectivity index (χ0) is 42.3.